The van der Waals surface area contributed by atoms with Gasteiger partial charge in [0, 0.05) is 24.2 Å². The van der Waals surface area contributed by atoms with Crippen LogP contribution in [0.25, 0.3) is 10.9 Å². The Hall–Kier alpha value is -1.72. The van der Waals surface area contributed by atoms with Crippen LogP contribution in [0.3, 0.4) is 0 Å². The molecule has 2 heterocycles. The second-order valence-corrected chi connectivity index (χ2v) is 5.18. The normalized spacial score (nSPS) is 12.8. The van der Waals surface area contributed by atoms with Gasteiger partial charge < -0.3 is 5.11 Å². The average Bonchev–Trinajstić information content (AvgIpc) is 2.77. The predicted molar refractivity (Wildman–Crippen MR) is 76.7 cm³/mol. The summed E-state index contributed by atoms with van der Waals surface area (Å²) in [6.07, 6.45) is 2.65. The summed E-state index contributed by atoms with van der Waals surface area (Å²) >= 11 is 3.42. The maximum Gasteiger partial charge on any atom is 0.124 e. The summed E-state index contributed by atoms with van der Waals surface area (Å²) < 4.78 is 2.45. The molecule has 0 radical (unpaired) electrons. The second kappa shape index (κ2) is 4.75. The molecule has 1 atom stereocenters. The zero-order chi connectivity index (χ0) is 13.4. The molecule has 4 nitrogen and oxygen atoms in total. The number of halogens is 1. The molecule has 0 aliphatic heterocycles. The van der Waals surface area contributed by atoms with Crippen LogP contribution in [0, 0.1) is 0 Å². The molecule has 96 valence electrons. The molecule has 1 unspecified atom stereocenters. The van der Waals surface area contributed by atoms with Gasteiger partial charge in [-0.05, 0) is 22.0 Å². The molecule has 0 aliphatic rings. The van der Waals surface area contributed by atoms with E-state index in [1.165, 1.54) is 0 Å². The second-order valence-electron chi connectivity index (χ2n) is 4.33. The van der Waals surface area contributed by atoms with Gasteiger partial charge in [0.1, 0.15) is 6.10 Å². The van der Waals surface area contributed by atoms with Crippen molar-refractivity contribution in [3.05, 3.63) is 58.5 Å². The molecular weight excluding hydrogens is 306 g/mol. The molecule has 0 fully saturated rings. The zero-order valence-corrected chi connectivity index (χ0v) is 11.9. The Morgan fingerprint density at radius 1 is 1.26 bits per heavy atom. The number of fused-ring (bicyclic) bond motifs is 1. The van der Waals surface area contributed by atoms with E-state index in [2.05, 4.69) is 26.0 Å². The van der Waals surface area contributed by atoms with Crippen LogP contribution >= 0.6 is 15.9 Å². The van der Waals surface area contributed by atoms with Gasteiger partial charge in [0.15, 0.2) is 0 Å². The van der Waals surface area contributed by atoms with E-state index in [4.69, 9.17) is 0 Å². The van der Waals surface area contributed by atoms with Crippen molar-refractivity contribution >= 4 is 26.8 Å². The number of pyridine rings is 1. The topological polar surface area (TPSA) is 50.9 Å². The molecular formula is C14H12BrN3O. The molecule has 0 saturated heterocycles. The predicted octanol–water partition coefficient (Wildman–Crippen LogP) is 2.81. The van der Waals surface area contributed by atoms with E-state index in [1.54, 1.807) is 17.1 Å². The van der Waals surface area contributed by atoms with E-state index in [-0.39, 0.29) is 0 Å². The quantitative estimate of drug-likeness (QED) is 0.790. The van der Waals surface area contributed by atoms with E-state index in [0.717, 1.165) is 26.6 Å². The first-order chi connectivity index (χ1) is 9.18. The molecule has 0 amide bonds. The molecule has 1 aromatic carbocycles. The lowest BCUT2D eigenvalue weighted by Gasteiger charge is -2.14. The Kier molecular flexibility index (Phi) is 3.08. The number of aliphatic hydroxyl groups is 1. The fourth-order valence-corrected chi connectivity index (χ4v) is 2.79. The Morgan fingerprint density at radius 2 is 2.05 bits per heavy atom. The largest absolute Gasteiger partial charge is 0.382 e. The van der Waals surface area contributed by atoms with Gasteiger partial charge in [-0.25, -0.2) is 0 Å². The van der Waals surface area contributed by atoms with E-state index in [9.17, 15) is 5.11 Å². The smallest absolute Gasteiger partial charge is 0.124 e. The number of nitrogens with zero attached hydrogens (tertiary/aromatic N) is 3. The van der Waals surface area contributed by atoms with Gasteiger partial charge in [-0.1, -0.05) is 24.3 Å². The highest BCUT2D eigenvalue weighted by atomic mass is 79.9. The number of para-hydroxylation sites is 1. The van der Waals surface area contributed by atoms with E-state index < -0.39 is 6.10 Å². The monoisotopic (exact) mass is 317 g/mol. The third-order valence-electron chi connectivity index (χ3n) is 3.16. The summed E-state index contributed by atoms with van der Waals surface area (Å²) in [6, 6.07) is 9.67. The number of hydrogen-bond acceptors (Lipinski definition) is 3. The first kappa shape index (κ1) is 12.3. The van der Waals surface area contributed by atoms with Gasteiger partial charge in [0.2, 0.25) is 0 Å². The fraction of sp³-hybridized carbons (Fsp3) is 0.143. The Labute approximate surface area is 118 Å². The molecule has 1 N–H and O–H groups in total. The van der Waals surface area contributed by atoms with Crippen LogP contribution in [-0.4, -0.2) is 19.9 Å². The lowest BCUT2D eigenvalue weighted by molar-refractivity contribution is 0.210. The van der Waals surface area contributed by atoms with Crippen LogP contribution in [0.2, 0.25) is 0 Å². The molecule has 0 bridgehead atoms. The summed E-state index contributed by atoms with van der Waals surface area (Å²) in [5.74, 6) is 0. The van der Waals surface area contributed by atoms with Crippen molar-refractivity contribution in [2.45, 2.75) is 6.10 Å². The van der Waals surface area contributed by atoms with E-state index >= 15 is 0 Å². The Bertz CT molecular complexity index is 714. The van der Waals surface area contributed by atoms with Crippen LogP contribution in [0.5, 0.6) is 0 Å². The van der Waals surface area contributed by atoms with Crippen molar-refractivity contribution < 1.29 is 5.11 Å². The van der Waals surface area contributed by atoms with Crippen molar-refractivity contribution in [3.8, 4) is 0 Å². The molecule has 3 rings (SSSR count). The van der Waals surface area contributed by atoms with Crippen molar-refractivity contribution in [1.82, 2.24) is 14.8 Å². The van der Waals surface area contributed by atoms with E-state index in [0.29, 0.717) is 0 Å². The average molecular weight is 318 g/mol. The molecule has 0 aliphatic carbocycles. The molecule has 19 heavy (non-hydrogen) atoms. The van der Waals surface area contributed by atoms with Gasteiger partial charge in [0.05, 0.1) is 21.9 Å². The zero-order valence-electron chi connectivity index (χ0n) is 10.3. The van der Waals surface area contributed by atoms with Gasteiger partial charge in [-0.3, -0.25) is 9.67 Å². The minimum atomic E-state index is -0.763. The summed E-state index contributed by atoms with van der Waals surface area (Å²) in [4.78, 5) is 4.37. The van der Waals surface area contributed by atoms with Crippen LogP contribution in [-0.2, 0) is 7.05 Å². The molecule has 0 saturated carbocycles. The molecule has 3 aromatic rings. The van der Waals surface area contributed by atoms with E-state index in [1.807, 2.05) is 37.4 Å². The maximum atomic E-state index is 10.6. The van der Waals surface area contributed by atoms with Gasteiger partial charge in [0.25, 0.3) is 0 Å². The summed E-state index contributed by atoms with van der Waals surface area (Å²) in [5.41, 5.74) is 2.31. The minimum absolute atomic E-state index is 0.721. The Balaban J connectivity index is 2.20. The van der Waals surface area contributed by atoms with Crippen molar-refractivity contribution in [3.63, 3.8) is 0 Å². The summed E-state index contributed by atoms with van der Waals surface area (Å²) in [6.45, 7) is 0. The van der Waals surface area contributed by atoms with Crippen LogP contribution in [0.15, 0.2) is 47.2 Å². The highest BCUT2D eigenvalue weighted by molar-refractivity contribution is 9.10. The van der Waals surface area contributed by atoms with Gasteiger partial charge in [-0.15, -0.1) is 0 Å². The molecule has 2 aromatic heterocycles. The molecule has 0 spiro atoms. The first-order valence-electron chi connectivity index (χ1n) is 5.87. The van der Waals surface area contributed by atoms with Crippen molar-refractivity contribution in [2.24, 2.45) is 7.05 Å². The lowest BCUT2D eigenvalue weighted by Crippen LogP contribution is -2.08. The van der Waals surface area contributed by atoms with Crippen LogP contribution in [0.1, 0.15) is 17.4 Å². The number of aliphatic hydroxyl groups excluding tert-OH is 1. The summed E-state index contributed by atoms with van der Waals surface area (Å²) in [7, 11) is 1.81. The molecule has 5 heteroatoms. The standard InChI is InChI=1S/C14H12BrN3O/c1-18-13(11(15)8-17-18)14(19)10-6-2-4-9-5-3-7-16-12(9)10/h2-8,14,19H,1H3. The van der Waals surface area contributed by atoms with Crippen molar-refractivity contribution in [2.75, 3.05) is 0 Å². The first-order valence-corrected chi connectivity index (χ1v) is 6.67. The SMILES string of the molecule is Cn1ncc(Br)c1C(O)c1cccc2cccnc12. The highest BCUT2D eigenvalue weighted by Crippen LogP contribution is 2.31. The number of hydrogen-bond donors (Lipinski definition) is 1. The highest BCUT2D eigenvalue weighted by Gasteiger charge is 2.20. The number of benzene rings is 1. The third kappa shape index (κ3) is 2.05. The fourth-order valence-electron chi connectivity index (χ4n) is 2.22. The van der Waals surface area contributed by atoms with Gasteiger partial charge in [-0.2, -0.15) is 5.10 Å². The van der Waals surface area contributed by atoms with Crippen LogP contribution < -0.4 is 0 Å². The lowest BCUT2D eigenvalue weighted by atomic mass is 10.0. The summed E-state index contributed by atoms with van der Waals surface area (Å²) in [5, 5.41) is 15.8. The number of aryl methyl sites for hydroxylation is 1. The number of aromatic nitrogens is 3. The minimum Gasteiger partial charge on any atom is -0.382 e. The Morgan fingerprint density at radius 3 is 2.79 bits per heavy atom. The number of rotatable bonds is 2. The third-order valence-corrected chi connectivity index (χ3v) is 3.77. The maximum absolute atomic E-state index is 10.6. The van der Waals surface area contributed by atoms with Crippen LogP contribution in [0.4, 0.5) is 0 Å². The van der Waals surface area contributed by atoms with Crippen molar-refractivity contribution in [1.29, 1.82) is 0 Å². The van der Waals surface area contributed by atoms with Gasteiger partial charge >= 0.3 is 0 Å².